The first-order valence-corrected chi connectivity index (χ1v) is 9.76. The van der Waals surface area contributed by atoms with E-state index in [0.29, 0.717) is 11.6 Å². The molecule has 1 unspecified atom stereocenters. The van der Waals surface area contributed by atoms with E-state index in [4.69, 9.17) is 8.85 Å². The van der Waals surface area contributed by atoms with Gasteiger partial charge >= 0.3 is 8.56 Å². The Balaban J connectivity index is 3.34. The number of ketones is 2. The largest absolute Gasteiger partial charge is 0.397 e. The van der Waals surface area contributed by atoms with Crippen LogP contribution in [-0.4, -0.2) is 34.3 Å². The van der Waals surface area contributed by atoms with Gasteiger partial charge in [0.25, 0.3) is 0 Å². The van der Waals surface area contributed by atoms with Crippen LogP contribution in [0.1, 0.15) is 37.6 Å². The van der Waals surface area contributed by atoms with Crippen LogP contribution in [0.5, 0.6) is 0 Å². The fraction of sp³-hybridized carbons (Fsp3) is 0.529. The van der Waals surface area contributed by atoms with Gasteiger partial charge in [-0.1, -0.05) is 57.5 Å². The second-order valence-corrected chi connectivity index (χ2v) is 9.21. The quantitative estimate of drug-likeness (QED) is 0.396. The Morgan fingerprint density at radius 3 is 2.05 bits per heavy atom. The van der Waals surface area contributed by atoms with E-state index >= 15 is 0 Å². The third-order valence-corrected chi connectivity index (χ3v) is 7.91. The topological polar surface area (TPSA) is 52.6 Å². The Morgan fingerprint density at radius 2 is 1.64 bits per heavy atom. The summed E-state index contributed by atoms with van der Waals surface area (Å²) in [5.74, 6) is -0.535. The molecule has 0 aliphatic carbocycles. The van der Waals surface area contributed by atoms with E-state index in [-0.39, 0.29) is 17.5 Å². The summed E-state index contributed by atoms with van der Waals surface area (Å²) in [5, 5.41) is 0. The third-order valence-electron chi connectivity index (χ3n) is 3.90. The van der Waals surface area contributed by atoms with Crippen molar-refractivity contribution in [2.75, 3.05) is 14.2 Å². The first-order valence-electron chi connectivity index (χ1n) is 7.66. The van der Waals surface area contributed by atoms with Gasteiger partial charge in [0.1, 0.15) is 11.3 Å². The molecule has 0 spiro atoms. The number of carbonyl (C=O) groups is 2. The summed E-state index contributed by atoms with van der Waals surface area (Å²) in [4.78, 5) is 25.7. The van der Waals surface area contributed by atoms with Crippen molar-refractivity contribution in [1.29, 1.82) is 0 Å². The molecule has 5 heteroatoms. The van der Waals surface area contributed by atoms with Crippen LogP contribution >= 0.6 is 0 Å². The van der Waals surface area contributed by atoms with Crippen LogP contribution < -0.4 is 0 Å². The maximum Gasteiger partial charge on any atom is 0.356 e. The summed E-state index contributed by atoms with van der Waals surface area (Å²) >= 11 is 0. The van der Waals surface area contributed by atoms with Crippen molar-refractivity contribution >= 4 is 20.1 Å². The summed E-state index contributed by atoms with van der Waals surface area (Å²) in [6, 6.07) is 9.53. The van der Waals surface area contributed by atoms with E-state index in [1.807, 2.05) is 26.8 Å². The number of Topliss-reactive ketones (excluding diaryl/α,β-unsaturated/α-hetero) is 2. The van der Waals surface area contributed by atoms with Crippen molar-refractivity contribution in [3.63, 3.8) is 0 Å². The lowest BCUT2D eigenvalue weighted by Gasteiger charge is -2.34. The van der Waals surface area contributed by atoms with Crippen LogP contribution in [0.25, 0.3) is 0 Å². The molecule has 122 valence electrons. The van der Waals surface area contributed by atoms with Crippen LogP contribution in [-0.2, 0) is 13.6 Å². The van der Waals surface area contributed by atoms with Crippen molar-refractivity contribution in [2.24, 2.45) is 5.92 Å². The molecule has 22 heavy (non-hydrogen) atoms. The van der Waals surface area contributed by atoms with E-state index in [0.717, 1.165) is 6.42 Å². The smallest absolute Gasteiger partial charge is 0.356 e. The maximum absolute atomic E-state index is 13.0. The molecular formula is C17H26O4Si. The van der Waals surface area contributed by atoms with Gasteiger partial charge in [-0.3, -0.25) is 9.59 Å². The summed E-state index contributed by atoms with van der Waals surface area (Å²) < 4.78 is 11.4. The van der Waals surface area contributed by atoms with Gasteiger partial charge < -0.3 is 8.85 Å². The van der Waals surface area contributed by atoms with Gasteiger partial charge in [0.05, 0.1) is 0 Å². The number of benzene rings is 1. The number of rotatable bonds is 9. The average Bonchev–Trinajstić information content (AvgIpc) is 2.54. The summed E-state index contributed by atoms with van der Waals surface area (Å²) in [7, 11) is 0.148. The number of carbonyl (C=O) groups excluding carboxylic acids is 2. The van der Waals surface area contributed by atoms with Crippen LogP contribution in [0.4, 0.5) is 0 Å². The SMILES string of the molecule is CCC[Si](OC)(OC)C(C(=O)c1ccccc1)C(=O)C(C)C. The highest BCUT2D eigenvalue weighted by molar-refractivity contribution is 6.77. The third kappa shape index (κ3) is 3.91. The van der Waals surface area contributed by atoms with Gasteiger partial charge in [-0.2, -0.15) is 0 Å². The molecule has 1 aromatic carbocycles. The summed E-state index contributed by atoms with van der Waals surface area (Å²) in [6.45, 7) is 5.62. The van der Waals surface area contributed by atoms with E-state index in [2.05, 4.69) is 0 Å². The fourth-order valence-corrected chi connectivity index (χ4v) is 6.03. The highest BCUT2D eigenvalue weighted by atomic mass is 28.4. The van der Waals surface area contributed by atoms with Gasteiger partial charge in [0, 0.05) is 25.7 Å². The zero-order valence-electron chi connectivity index (χ0n) is 14.1. The van der Waals surface area contributed by atoms with Crippen molar-refractivity contribution < 1.29 is 18.4 Å². The molecule has 0 saturated carbocycles. The second kappa shape index (κ2) is 8.36. The Morgan fingerprint density at radius 1 is 1.09 bits per heavy atom. The molecule has 0 heterocycles. The standard InChI is InChI=1S/C17H26O4Si/c1-6-12-22(20-4,21-5)17(15(18)13(2)3)16(19)14-10-8-7-9-11-14/h7-11,13,17H,6,12H2,1-5H3. The Kier molecular flexibility index (Phi) is 7.12. The number of hydrogen-bond acceptors (Lipinski definition) is 4. The minimum Gasteiger partial charge on any atom is -0.397 e. The van der Waals surface area contributed by atoms with Gasteiger partial charge in [-0.25, -0.2) is 0 Å². The molecule has 0 saturated heterocycles. The highest BCUT2D eigenvalue weighted by Gasteiger charge is 2.52. The van der Waals surface area contributed by atoms with Crippen LogP contribution in [0, 0.1) is 5.92 Å². The van der Waals surface area contributed by atoms with E-state index in [1.165, 1.54) is 0 Å². The van der Waals surface area contributed by atoms with E-state index in [9.17, 15) is 9.59 Å². The van der Waals surface area contributed by atoms with Gasteiger partial charge in [0.15, 0.2) is 5.78 Å². The summed E-state index contributed by atoms with van der Waals surface area (Å²) in [5.41, 5.74) is -0.298. The predicted octanol–water partition coefficient (Wildman–Crippen LogP) is 3.61. The summed E-state index contributed by atoms with van der Waals surface area (Å²) in [6.07, 6.45) is 0.803. The average molecular weight is 322 g/mol. The zero-order chi connectivity index (χ0) is 16.8. The molecule has 0 N–H and O–H groups in total. The Labute approximate surface area is 134 Å². The molecule has 4 nitrogen and oxygen atoms in total. The maximum atomic E-state index is 13.0. The monoisotopic (exact) mass is 322 g/mol. The zero-order valence-corrected chi connectivity index (χ0v) is 15.1. The van der Waals surface area contributed by atoms with E-state index in [1.54, 1.807) is 38.5 Å². The second-order valence-electron chi connectivity index (χ2n) is 5.69. The lowest BCUT2D eigenvalue weighted by molar-refractivity contribution is -0.121. The molecule has 1 atom stereocenters. The lowest BCUT2D eigenvalue weighted by Crippen LogP contribution is -2.52. The van der Waals surface area contributed by atoms with Crippen molar-refractivity contribution in [2.45, 2.75) is 38.8 Å². The van der Waals surface area contributed by atoms with Gasteiger partial charge in [-0.15, -0.1) is 0 Å². The highest BCUT2D eigenvalue weighted by Crippen LogP contribution is 2.34. The van der Waals surface area contributed by atoms with Crippen molar-refractivity contribution in [1.82, 2.24) is 0 Å². The molecule has 0 aliphatic heterocycles. The first kappa shape index (κ1) is 18.7. The van der Waals surface area contributed by atoms with E-state index < -0.39 is 14.1 Å². The van der Waals surface area contributed by atoms with Crippen molar-refractivity contribution in [3.8, 4) is 0 Å². The Hall–Kier alpha value is -1.30. The minimum absolute atomic E-state index is 0.0994. The molecule has 1 rings (SSSR count). The molecule has 0 aromatic heterocycles. The van der Waals surface area contributed by atoms with Crippen molar-refractivity contribution in [3.05, 3.63) is 35.9 Å². The number of hydrogen-bond donors (Lipinski definition) is 0. The van der Waals surface area contributed by atoms with Crippen LogP contribution in [0.3, 0.4) is 0 Å². The fourth-order valence-electron chi connectivity index (χ4n) is 2.66. The molecule has 0 amide bonds. The minimum atomic E-state index is -2.94. The molecule has 0 radical (unpaired) electrons. The normalized spacial score (nSPS) is 13.2. The van der Waals surface area contributed by atoms with Crippen LogP contribution in [0.2, 0.25) is 11.6 Å². The molecule has 0 bridgehead atoms. The molecule has 0 aliphatic rings. The lowest BCUT2D eigenvalue weighted by atomic mass is 9.99. The predicted molar refractivity (Wildman–Crippen MR) is 89.2 cm³/mol. The van der Waals surface area contributed by atoms with Gasteiger partial charge in [0.2, 0.25) is 0 Å². The molecular weight excluding hydrogens is 296 g/mol. The van der Waals surface area contributed by atoms with Gasteiger partial charge in [-0.05, 0) is 6.04 Å². The Bertz CT molecular complexity index is 495. The molecule has 1 aromatic rings. The van der Waals surface area contributed by atoms with Crippen LogP contribution in [0.15, 0.2) is 30.3 Å². The first-order chi connectivity index (χ1) is 10.4. The molecule has 0 fully saturated rings.